The number of anilines is 2. The Balaban J connectivity index is 2.22. The summed E-state index contributed by atoms with van der Waals surface area (Å²) >= 11 is 0. The normalized spacial score (nSPS) is 18.6. The van der Waals surface area contributed by atoms with E-state index in [2.05, 4.69) is 20.2 Å². The molecule has 2 heterocycles. The van der Waals surface area contributed by atoms with E-state index in [-0.39, 0.29) is 12.5 Å². The molecular weight excluding hydrogens is 244 g/mol. The average molecular weight is 264 g/mol. The Kier molecular flexibility index (Phi) is 4.19. The van der Waals surface area contributed by atoms with E-state index in [1.165, 1.54) is 0 Å². The van der Waals surface area contributed by atoms with Gasteiger partial charge in [-0.25, -0.2) is 9.97 Å². The molecule has 1 aliphatic heterocycles. The van der Waals surface area contributed by atoms with Crippen LogP contribution in [0, 0.1) is 6.92 Å². The van der Waals surface area contributed by atoms with Gasteiger partial charge in [-0.05, 0) is 26.7 Å². The van der Waals surface area contributed by atoms with Gasteiger partial charge in [-0.15, -0.1) is 0 Å². The summed E-state index contributed by atoms with van der Waals surface area (Å²) in [6.45, 7) is 5.53. The number of nitrogens with zero attached hydrogens (tertiary/aromatic N) is 3. The largest absolute Gasteiger partial charge is 0.481 e. The smallest absolute Gasteiger partial charge is 0.305 e. The Morgan fingerprint density at radius 3 is 3.05 bits per heavy atom. The number of carboxylic acids is 1. The van der Waals surface area contributed by atoms with Gasteiger partial charge in [-0.1, -0.05) is 0 Å². The fourth-order valence-corrected chi connectivity index (χ4v) is 2.52. The zero-order chi connectivity index (χ0) is 13.8. The number of nitrogens with one attached hydrogen (secondary N) is 1. The molecule has 19 heavy (non-hydrogen) atoms. The van der Waals surface area contributed by atoms with Crippen molar-refractivity contribution in [2.24, 2.45) is 0 Å². The standard InChI is InChI=1S/C13H20N4O2/c1-3-14-11-8-12(16-9(2)15-11)17-6-4-5-10(17)7-13(18)19/h8,10H,3-7H2,1-2H3,(H,18,19)(H,14,15,16). The first-order chi connectivity index (χ1) is 9.10. The average Bonchev–Trinajstić information content (AvgIpc) is 2.75. The summed E-state index contributed by atoms with van der Waals surface area (Å²) in [5.41, 5.74) is 0. The first-order valence-electron chi connectivity index (χ1n) is 6.68. The Labute approximate surface area is 112 Å². The summed E-state index contributed by atoms with van der Waals surface area (Å²) < 4.78 is 0. The Hall–Kier alpha value is -1.85. The van der Waals surface area contributed by atoms with Crippen LogP contribution in [0.3, 0.4) is 0 Å². The molecule has 0 aromatic carbocycles. The lowest BCUT2D eigenvalue weighted by molar-refractivity contribution is -0.137. The second kappa shape index (κ2) is 5.86. The highest BCUT2D eigenvalue weighted by molar-refractivity contribution is 5.68. The molecule has 1 saturated heterocycles. The van der Waals surface area contributed by atoms with Crippen LogP contribution < -0.4 is 10.2 Å². The van der Waals surface area contributed by atoms with Gasteiger partial charge in [0.1, 0.15) is 17.5 Å². The molecule has 6 heteroatoms. The molecule has 1 fully saturated rings. The number of hydrogen-bond acceptors (Lipinski definition) is 5. The predicted octanol–water partition coefficient (Wildman–Crippen LogP) is 1.66. The lowest BCUT2D eigenvalue weighted by atomic mass is 10.1. The fraction of sp³-hybridized carbons (Fsp3) is 0.615. The molecule has 6 nitrogen and oxygen atoms in total. The van der Waals surface area contributed by atoms with E-state index in [0.29, 0.717) is 5.82 Å². The predicted molar refractivity (Wildman–Crippen MR) is 73.6 cm³/mol. The van der Waals surface area contributed by atoms with Crippen molar-refractivity contribution < 1.29 is 9.90 Å². The summed E-state index contributed by atoms with van der Waals surface area (Å²) in [4.78, 5) is 21.7. The number of hydrogen-bond donors (Lipinski definition) is 2. The minimum Gasteiger partial charge on any atom is -0.481 e. The van der Waals surface area contributed by atoms with Gasteiger partial charge in [0.2, 0.25) is 0 Å². The summed E-state index contributed by atoms with van der Waals surface area (Å²) in [6.07, 6.45) is 2.09. The second-order valence-corrected chi connectivity index (χ2v) is 4.78. The van der Waals surface area contributed by atoms with Crippen molar-refractivity contribution >= 4 is 17.6 Å². The van der Waals surface area contributed by atoms with Crippen LogP contribution in [0.1, 0.15) is 32.0 Å². The van der Waals surface area contributed by atoms with Crippen LogP contribution in [0.25, 0.3) is 0 Å². The quantitative estimate of drug-likeness (QED) is 0.842. The maximum Gasteiger partial charge on any atom is 0.305 e. The van der Waals surface area contributed by atoms with Gasteiger partial charge >= 0.3 is 5.97 Å². The van der Waals surface area contributed by atoms with Gasteiger partial charge in [0.25, 0.3) is 0 Å². The van der Waals surface area contributed by atoms with E-state index >= 15 is 0 Å². The number of aliphatic carboxylic acids is 1. The molecule has 2 rings (SSSR count). The lowest BCUT2D eigenvalue weighted by Crippen LogP contribution is -2.32. The van der Waals surface area contributed by atoms with Crippen molar-refractivity contribution in [2.45, 2.75) is 39.2 Å². The summed E-state index contributed by atoms with van der Waals surface area (Å²) in [5, 5.41) is 12.1. The monoisotopic (exact) mass is 264 g/mol. The highest BCUT2D eigenvalue weighted by Crippen LogP contribution is 2.27. The number of aromatic nitrogens is 2. The summed E-state index contributed by atoms with van der Waals surface area (Å²) in [5.74, 6) is 1.57. The third-order valence-electron chi connectivity index (χ3n) is 3.26. The van der Waals surface area contributed by atoms with Crippen LogP contribution in [-0.2, 0) is 4.79 Å². The van der Waals surface area contributed by atoms with Crippen molar-refractivity contribution in [3.05, 3.63) is 11.9 Å². The number of carbonyl (C=O) groups is 1. The number of rotatable bonds is 5. The lowest BCUT2D eigenvalue weighted by Gasteiger charge is -2.25. The minimum absolute atomic E-state index is 0.0428. The van der Waals surface area contributed by atoms with Gasteiger partial charge in [0.05, 0.1) is 6.42 Å². The maximum absolute atomic E-state index is 10.9. The van der Waals surface area contributed by atoms with Crippen LogP contribution >= 0.6 is 0 Å². The van der Waals surface area contributed by atoms with Gasteiger partial charge in [0.15, 0.2) is 0 Å². The Morgan fingerprint density at radius 1 is 1.58 bits per heavy atom. The first kappa shape index (κ1) is 13.6. The minimum atomic E-state index is -0.755. The Bertz CT molecular complexity index is 464. The van der Waals surface area contributed by atoms with Crippen LogP contribution in [0.5, 0.6) is 0 Å². The van der Waals surface area contributed by atoms with Gasteiger partial charge in [-0.2, -0.15) is 0 Å². The molecule has 1 atom stereocenters. The highest BCUT2D eigenvalue weighted by Gasteiger charge is 2.28. The van der Waals surface area contributed by atoms with E-state index in [1.54, 1.807) is 0 Å². The van der Waals surface area contributed by atoms with E-state index in [4.69, 9.17) is 5.11 Å². The van der Waals surface area contributed by atoms with E-state index in [9.17, 15) is 4.79 Å². The molecule has 104 valence electrons. The molecule has 0 radical (unpaired) electrons. The molecule has 0 bridgehead atoms. The van der Waals surface area contributed by atoms with Gasteiger partial charge in [0, 0.05) is 25.2 Å². The van der Waals surface area contributed by atoms with Crippen molar-refractivity contribution in [1.82, 2.24) is 9.97 Å². The number of carboxylic acid groups (broad SMARTS) is 1. The van der Waals surface area contributed by atoms with Crippen LogP contribution in [0.4, 0.5) is 11.6 Å². The van der Waals surface area contributed by atoms with Crippen LogP contribution in [0.2, 0.25) is 0 Å². The molecule has 1 aromatic heterocycles. The molecular formula is C13H20N4O2. The SMILES string of the molecule is CCNc1cc(N2CCCC2CC(=O)O)nc(C)n1. The zero-order valence-corrected chi connectivity index (χ0v) is 11.4. The van der Waals surface area contributed by atoms with Crippen molar-refractivity contribution in [1.29, 1.82) is 0 Å². The Morgan fingerprint density at radius 2 is 2.37 bits per heavy atom. The molecule has 0 aliphatic carbocycles. The fourth-order valence-electron chi connectivity index (χ4n) is 2.52. The molecule has 0 spiro atoms. The second-order valence-electron chi connectivity index (χ2n) is 4.78. The molecule has 1 aliphatic rings. The van der Waals surface area contributed by atoms with Gasteiger partial charge < -0.3 is 15.3 Å². The third kappa shape index (κ3) is 3.33. The molecule has 2 N–H and O–H groups in total. The molecule has 1 unspecified atom stereocenters. The van der Waals surface area contributed by atoms with Gasteiger partial charge in [-0.3, -0.25) is 4.79 Å². The van der Waals surface area contributed by atoms with E-state index in [0.717, 1.165) is 37.6 Å². The van der Waals surface area contributed by atoms with Crippen molar-refractivity contribution in [2.75, 3.05) is 23.3 Å². The molecule has 0 amide bonds. The number of aryl methyl sites for hydroxylation is 1. The first-order valence-corrected chi connectivity index (χ1v) is 6.68. The topological polar surface area (TPSA) is 78.4 Å². The van der Waals surface area contributed by atoms with Crippen LogP contribution in [-0.4, -0.2) is 40.2 Å². The summed E-state index contributed by atoms with van der Waals surface area (Å²) in [6, 6.07) is 1.94. The maximum atomic E-state index is 10.9. The molecule has 0 saturated carbocycles. The zero-order valence-electron chi connectivity index (χ0n) is 11.4. The molecule has 1 aromatic rings. The third-order valence-corrected chi connectivity index (χ3v) is 3.26. The van der Waals surface area contributed by atoms with Crippen LogP contribution in [0.15, 0.2) is 6.07 Å². The van der Waals surface area contributed by atoms with Crippen molar-refractivity contribution in [3.8, 4) is 0 Å². The van der Waals surface area contributed by atoms with E-state index in [1.807, 2.05) is 19.9 Å². The summed E-state index contributed by atoms with van der Waals surface area (Å²) in [7, 11) is 0. The van der Waals surface area contributed by atoms with E-state index < -0.39 is 5.97 Å². The highest BCUT2D eigenvalue weighted by atomic mass is 16.4. The van der Waals surface area contributed by atoms with Crippen molar-refractivity contribution in [3.63, 3.8) is 0 Å².